The zero-order chi connectivity index (χ0) is 29.9. The molecule has 0 aliphatic carbocycles. The number of hydrogen-bond acceptors (Lipinski definition) is 2. The van der Waals surface area contributed by atoms with E-state index in [0.717, 1.165) is 50.7 Å². The van der Waals surface area contributed by atoms with Crippen LogP contribution in [-0.2, 0) is 0 Å². The second-order valence-corrected chi connectivity index (χ2v) is 11.6. The summed E-state index contributed by atoms with van der Waals surface area (Å²) in [6.45, 7) is 1.87. The Morgan fingerprint density at radius 3 is 1.91 bits per heavy atom. The van der Waals surface area contributed by atoms with Crippen molar-refractivity contribution in [2.45, 2.75) is 12.8 Å². The summed E-state index contributed by atoms with van der Waals surface area (Å²) in [5.41, 5.74) is 11.2. The first-order valence-corrected chi connectivity index (χ1v) is 15.3. The lowest BCUT2D eigenvalue weighted by atomic mass is 9.80. The lowest BCUT2D eigenvalue weighted by molar-refractivity contribution is 0.460. The van der Waals surface area contributed by atoms with Gasteiger partial charge in [-0.3, -0.25) is 4.99 Å². The van der Waals surface area contributed by atoms with E-state index in [4.69, 9.17) is 9.73 Å². The van der Waals surface area contributed by atoms with Gasteiger partial charge in [-0.15, -0.1) is 5.92 Å². The van der Waals surface area contributed by atoms with E-state index in [2.05, 4.69) is 145 Å². The molecule has 0 saturated carbocycles. The van der Waals surface area contributed by atoms with Crippen LogP contribution in [0.5, 0.6) is 11.5 Å². The molecule has 7 aromatic carbocycles. The van der Waals surface area contributed by atoms with Gasteiger partial charge < -0.3 is 4.74 Å². The minimum absolute atomic E-state index is 0.00355. The minimum atomic E-state index is 0.00355. The Kier molecular flexibility index (Phi) is 5.73. The fourth-order valence-corrected chi connectivity index (χ4v) is 7.28. The highest BCUT2D eigenvalue weighted by atomic mass is 16.5. The van der Waals surface area contributed by atoms with E-state index in [9.17, 15) is 0 Å². The summed E-state index contributed by atoms with van der Waals surface area (Å²) < 4.78 is 6.90. The molecule has 2 nitrogen and oxygen atoms in total. The van der Waals surface area contributed by atoms with Gasteiger partial charge in [0, 0.05) is 27.8 Å². The molecule has 0 saturated heterocycles. The molecule has 2 heteroatoms. The molecule has 7 aromatic rings. The number of fused-ring (bicyclic) bond motifs is 4. The first-order chi connectivity index (χ1) is 22.3. The number of nitrogens with zero attached hydrogens (tertiary/aromatic N) is 1. The van der Waals surface area contributed by atoms with Gasteiger partial charge in [0.15, 0.2) is 0 Å². The van der Waals surface area contributed by atoms with Crippen LogP contribution in [-0.4, -0.2) is 5.71 Å². The van der Waals surface area contributed by atoms with Crippen LogP contribution in [0.25, 0.3) is 43.8 Å². The molecule has 2 heterocycles. The lowest BCUT2D eigenvalue weighted by Crippen LogP contribution is -2.17. The average Bonchev–Trinajstić information content (AvgIpc) is 3.49. The molecule has 45 heavy (non-hydrogen) atoms. The van der Waals surface area contributed by atoms with E-state index in [0.29, 0.717) is 0 Å². The predicted molar refractivity (Wildman–Crippen MR) is 186 cm³/mol. The summed E-state index contributed by atoms with van der Waals surface area (Å²) in [6, 6.07) is 49.5. The summed E-state index contributed by atoms with van der Waals surface area (Å²) in [6.07, 6.45) is 0. The zero-order valence-electron chi connectivity index (χ0n) is 24.7. The van der Waals surface area contributed by atoms with Crippen molar-refractivity contribution >= 4 is 32.9 Å². The molecule has 0 N–H and O–H groups in total. The van der Waals surface area contributed by atoms with Crippen molar-refractivity contribution < 1.29 is 4.74 Å². The summed E-state index contributed by atoms with van der Waals surface area (Å²) >= 11 is 0. The average molecular weight is 574 g/mol. The highest BCUT2D eigenvalue weighted by molar-refractivity contribution is 6.22. The Hall–Kier alpha value is -5.91. The molecule has 9 rings (SSSR count). The summed E-state index contributed by atoms with van der Waals surface area (Å²) in [5.74, 6) is 7.98. The third-order valence-corrected chi connectivity index (χ3v) is 9.13. The first kappa shape index (κ1) is 25.6. The molecule has 2 aliphatic rings. The molecule has 1 unspecified atom stereocenters. The molecular formula is C43H27NO. The standard InChI is InChI=1S/C43H27NO/c1-2-12-27-23-25-28(26-24-27)38-30-15-6-8-17-32(30)39(33-18-9-7-16-31(33)38)34-19-10-20-35-40-41-36(21-11-22-37(41)45-43(34)35)44-42(40)29-13-4-3-5-14-29/h3-11,13-26,40H,1H3. The van der Waals surface area contributed by atoms with Crippen molar-refractivity contribution in [3.05, 3.63) is 162 Å². The van der Waals surface area contributed by atoms with Crippen LogP contribution < -0.4 is 4.74 Å². The van der Waals surface area contributed by atoms with Gasteiger partial charge in [0.25, 0.3) is 0 Å². The van der Waals surface area contributed by atoms with Gasteiger partial charge in [-0.05, 0) is 69.4 Å². The molecule has 0 radical (unpaired) electrons. The van der Waals surface area contributed by atoms with Gasteiger partial charge in [0.2, 0.25) is 0 Å². The third-order valence-electron chi connectivity index (χ3n) is 9.13. The Labute approximate surface area is 262 Å². The van der Waals surface area contributed by atoms with Crippen molar-refractivity contribution in [3.63, 3.8) is 0 Å². The number of hydrogen-bond donors (Lipinski definition) is 0. The largest absolute Gasteiger partial charge is 0.456 e. The summed E-state index contributed by atoms with van der Waals surface area (Å²) in [4.78, 5) is 5.17. The maximum absolute atomic E-state index is 6.90. The minimum Gasteiger partial charge on any atom is -0.456 e. The number of benzene rings is 7. The maximum atomic E-state index is 6.90. The van der Waals surface area contributed by atoms with Gasteiger partial charge in [-0.25, -0.2) is 0 Å². The fourth-order valence-electron chi connectivity index (χ4n) is 7.28. The smallest absolute Gasteiger partial charge is 0.139 e. The van der Waals surface area contributed by atoms with E-state index >= 15 is 0 Å². The van der Waals surface area contributed by atoms with Crippen molar-refractivity contribution in [1.29, 1.82) is 0 Å². The molecule has 1 atom stereocenters. The van der Waals surface area contributed by atoms with Gasteiger partial charge in [-0.2, -0.15) is 0 Å². The first-order valence-electron chi connectivity index (χ1n) is 15.3. The van der Waals surface area contributed by atoms with Crippen molar-refractivity contribution in [2.24, 2.45) is 4.99 Å². The Morgan fingerprint density at radius 1 is 0.578 bits per heavy atom. The van der Waals surface area contributed by atoms with E-state index in [1.807, 2.05) is 13.0 Å². The highest BCUT2D eigenvalue weighted by Crippen LogP contribution is 2.56. The SMILES string of the molecule is CC#Cc1ccc(-c2c3ccccc3c(-c3cccc4c3Oc3cccc5c3C4C(c3ccccc3)=N5)c3ccccc23)cc1. The third kappa shape index (κ3) is 3.88. The van der Waals surface area contributed by atoms with Gasteiger partial charge in [0.05, 0.1) is 17.3 Å². The number of ether oxygens (including phenoxy) is 1. The van der Waals surface area contributed by atoms with E-state index in [-0.39, 0.29) is 5.92 Å². The molecule has 210 valence electrons. The predicted octanol–water partition coefficient (Wildman–Crippen LogP) is 11.1. The number of para-hydroxylation sites is 1. The van der Waals surface area contributed by atoms with Crippen LogP contribution in [0.15, 0.2) is 145 Å². The van der Waals surface area contributed by atoms with Crippen molar-refractivity contribution in [2.75, 3.05) is 0 Å². The van der Waals surface area contributed by atoms with Crippen LogP contribution in [0.3, 0.4) is 0 Å². The van der Waals surface area contributed by atoms with E-state index in [1.165, 1.54) is 38.2 Å². The molecular weight excluding hydrogens is 546 g/mol. The van der Waals surface area contributed by atoms with Crippen LogP contribution in [0.2, 0.25) is 0 Å². The van der Waals surface area contributed by atoms with E-state index in [1.54, 1.807) is 0 Å². The Morgan fingerprint density at radius 2 is 1.22 bits per heavy atom. The normalized spacial score (nSPS) is 14.2. The molecule has 0 aromatic heterocycles. The maximum Gasteiger partial charge on any atom is 0.139 e. The van der Waals surface area contributed by atoms with Crippen molar-refractivity contribution in [1.82, 2.24) is 0 Å². The molecule has 0 amide bonds. The van der Waals surface area contributed by atoms with Gasteiger partial charge in [-0.1, -0.05) is 121 Å². The second kappa shape index (κ2) is 10.1. The number of aliphatic imine (C=N–C) groups is 1. The highest BCUT2D eigenvalue weighted by Gasteiger charge is 2.39. The molecule has 0 bridgehead atoms. The lowest BCUT2D eigenvalue weighted by Gasteiger charge is -2.29. The Balaban J connectivity index is 1.32. The van der Waals surface area contributed by atoms with Crippen LogP contribution in [0.1, 0.15) is 35.1 Å². The van der Waals surface area contributed by atoms with E-state index < -0.39 is 0 Å². The summed E-state index contributed by atoms with van der Waals surface area (Å²) in [7, 11) is 0. The van der Waals surface area contributed by atoms with Crippen LogP contribution >= 0.6 is 0 Å². The molecule has 0 spiro atoms. The zero-order valence-corrected chi connectivity index (χ0v) is 24.7. The Bertz CT molecular complexity index is 2350. The van der Waals surface area contributed by atoms with Gasteiger partial charge >= 0.3 is 0 Å². The monoisotopic (exact) mass is 573 g/mol. The topological polar surface area (TPSA) is 21.6 Å². The fraction of sp³-hybridized carbons (Fsp3) is 0.0465. The quantitative estimate of drug-likeness (QED) is 0.152. The van der Waals surface area contributed by atoms with Gasteiger partial charge in [0.1, 0.15) is 11.5 Å². The molecule has 0 fully saturated rings. The molecule has 2 aliphatic heterocycles. The van der Waals surface area contributed by atoms with Crippen molar-refractivity contribution in [3.8, 4) is 45.6 Å². The summed E-state index contributed by atoms with van der Waals surface area (Å²) in [5, 5.41) is 4.82. The number of rotatable bonds is 3. The second-order valence-electron chi connectivity index (χ2n) is 11.6. The van der Waals surface area contributed by atoms with Crippen LogP contribution in [0, 0.1) is 11.8 Å². The van der Waals surface area contributed by atoms with Crippen LogP contribution in [0.4, 0.5) is 5.69 Å².